The summed E-state index contributed by atoms with van der Waals surface area (Å²) in [6.07, 6.45) is 8.10. The van der Waals surface area contributed by atoms with Gasteiger partial charge in [0.1, 0.15) is 5.58 Å². The van der Waals surface area contributed by atoms with E-state index in [0.717, 1.165) is 49.0 Å². The Bertz CT molecular complexity index is 719. The number of carbonyl (C=O) groups excluding carboxylic acids is 1. The number of carbonyl (C=O) groups is 1. The van der Waals surface area contributed by atoms with E-state index in [2.05, 4.69) is 22.8 Å². The molecule has 24 heavy (non-hydrogen) atoms. The van der Waals surface area contributed by atoms with Gasteiger partial charge in [-0.25, -0.2) is 0 Å². The van der Waals surface area contributed by atoms with Crippen molar-refractivity contribution >= 4 is 29.3 Å². The van der Waals surface area contributed by atoms with Crippen molar-refractivity contribution in [1.82, 2.24) is 10.6 Å². The standard InChI is InChI=1S/C19H24N2O2.ClH/c22-19(21-11-13-3-2-6-20-10-13)9-16-12-23-18-8-15-5-1-4-14(15)7-17(16)18;/h7-8,12-13,20H,1-6,9-11H2,(H,21,22);1H. The van der Waals surface area contributed by atoms with Gasteiger partial charge >= 0.3 is 0 Å². The Balaban J connectivity index is 0.00000169. The molecular formula is C19H25ClN2O2. The number of aryl methyl sites for hydroxylation is 2. The van der Waals surface area contributed by atoms with Crippen LogP contribution in [0.4, 0.5) is 0 Å². The molecule has 4 nitrogen and oxygen atoms in total. The monoisotopic (exact) mass is 348 g/mol. The Kier molecular flexibility index (Phi) is 5.47. The van der Waals surface area contributed by atoms with Crippen LogP contribution in [-0.4, -0.2) is 25.5 Å². The van der Waals surface area contributed by atoms with Gasteiger partial charge in [-0.05, 0) is 74.4 Å². The lowest BCUT2D eigenvalue weighted by atomic mass is 9.99. The van der Waals surface area contributed by atoms with E-state index in [1.165, 1.54) is 30.4 Å². The minimum atomic E-state index is 0. The van der Waals surface area contributed by atoms with Crippen molar-refractivity contribution in [2.24, 2.45) is 5.92 Å². The van der Waals surface area contributed by atoms with Crippen molar-refractivity contribution in [3.05, 3.63) is 35.1 Å². The molecule has 1 aliphatic carbocycles. The lowest BCUT2D eigenvalue weighted by Gasteiger charge is -2.22. The van der Waals surface area contributed by atoms with Crippen molar-refractivity contribution in [3.63, 3.8) is 0 Å². The molecule has 1 atom stereocenters. The van der Waals surface area contributed by atoms with E-state index in [0.29, 0.717) is 12.3 Å². The molecule has 2 aliphatic rings. The van der Waals surface area contributed by atoms with Crippen LogP contribution in [0.3, 0.4) is 0 Å². The number of fused-ring (bicyclic) bond motifs is 2. The Morgan fingerprint density at radius 1 is 1.25 bits per heavy atom. The number of benzene rings is 1. The van der Waals surface area contributed by atoms with E-state index < -0.39 is 0 Å². The van der Waals surface area contributed by atoms with Crippen LogP contribution in [0, 0.1) is 5.92 Å². The number of rotatable bonds is 4. The smallest absolute Gasteiger partial charge is 0.224 e. The minimum absolute atomic E-state index is 0. The predicted molar refractivity (Wildman–Crippen MR) is 97.8 cm³/mol. The summed E-state index contributed by atoms with van der Waals surface area (Å²) in [4.78, 5) is 12.3. The molecule has 1 saturated heterocycles. The lowest BCUT2D eigenvalue weighted by molar-refractivity contribution is -0.120. The first-order valence-corrected chi connectivity index (χ1v) is 8.79. The summed E-state index contributed by atoms with van der Waals surface area (Å²) in [5, 5.41) is 7.58. The van der Waals surface area contributed by atoms with Crippen molar-refractivity contribution in [2.45, 2.75) is 38.5 Å². The van der Waals surface area contributed by atoms with Crippen LogP contribution in [0.2, 0.25) is 0 Å². The largest absolute Gasteiger partial charge is 0.464 e. The van der Waals surface area contributed by atoms with E-state index in [9.17, 15) is 4.79 Å². The molecule has 1 fully saturated rings. The van der Waals surface area contributed by atoms with Gasteiger partial charge in [0.05, 0.1) is 12.7 Å². The second-order valence-corrected chi connectivity index (χ2v) is 6.92. The zero-order chi connectivity index (χ0) is 15.6. The van der Waals surface area contributed by atoms with E-state index in [-0.39, 0.29) is 18.3 Å². The van der Waals surface area contributed by atoms with Gasteiger partial charge in [-0.15, -0.1) is 12.4 Å². The maximum absolute atomic E-state index is 12.3. The zero-order valence-electron chi connectivity index (χ0n) is 13.9. The van der Waals surface area contributed by atoms with Crippen LogP contribution in [0.15, 0.2) is 22.8 Å². The number of hydrogen-bond acceptors (Lipinski definition) is 3. The van der Waals surface area contributed by atoms with Crippen LogP contribution in [0.1, 0.15) is 36.0 Å². The van der Waals surface area contributed by atoms with E-state index in [4.69, 9.17) is 4.42 Å². The topological polar surface area (TPSA) is 54.3 Å². The maximum Gasteiger partial charge on any atom is 0.224 e. The average Bonchev–Trinajstić information content (AvgIpc) is 3.19. The second kappa shape index (κ2) is 7.58. The highest BCUT2D eigenvalue weighted by Gasteiger charge is 2.18. The fraction of sp³-hybridized carbons (Fsp3) is 0.526. The summed E-state index contributed by atoms with van der Waals surface area (Å²) < 4.78 is 5.68. The quantitative estimate of drug-likeness (QED) is 0.893. The highest BCUT2D eigenvalue weighted by molar-refractivity contribution is 5.88. The van der Waals surface area contributed by atoms with Crippen LogP contribution < -0.4 is 10.6 Å². The number of furan rings is 1. The third-order valence-corrected chi connectivity index (χ3v) is 5.21. The molecule has 0 radical (unpaired) electrons. The van der Waals surface area contributed by atoms with Crippen molar-refractivity contribution in [2.75, 3.05) is 19.6 Å². The molecule has 2 aromatic rings. The normalized spacial score (nSPS) is 19.8. The molecule has 0 bridgehead atoms. The van der Waals surface area contributed by atoms with Crippen LogP contribution in [0.5, 0.6) is 0 Å². The number of piperidine rings is 1. The fourth-order valence-electron chi connectivity index (χ4n) is 3.88. The summed E-state index contributed by atoms with van der Waals surface area (Å²) in [5.41, 5.74) is 4.76. The molecule has 1 aromatic carbocycles. The maximum atomic E-state index is 12.3. The molecular weight excluding hydrogens is 324 g/mol. The van der Waals surface area contributed by atoms with Crippen molar-refractivity contribution in [1.29, 1.82) is 0 Å². The Hall–Kier alpha value is -1.52. The number of nitrogens with one attached hydrogen (secondary N) is 2. The number of halogens is 1. The Morgan fingerprint density at radius 2 is 2.08 bits per heavy atom. The first kappa shape index (κ1) is 17.3. The van der Waals surface area contributed by atoms with Crippen LogP contribution >= 0.6 is 12.4 Å². The zero-order valence-corrected chi connectivity index (χ0v) is 14.7. The highest BCUT2D eigenvalue weighted by atomic mass is 35.5. The Labute approximate surface area is 148 Å². The van der Waals surface area contributed by atoms with Crippen molar-refractivity contribution in [3.8, 4) is 0 Å². The molecule has 2 N–H and O–H groups in total. The summed E-state index contributed by atoms with van der Waals surface area (Å²) in [6.45, 7) is 2.90. The highest BCUT2D eigenvalue weighted by Crippen LogP contribution is 2.30. The van der Waals surface area contributed by atoms with E-state index >= 15 is 0 Å². The molecule has 130 valence electrons. The number of amides is 1. The molecule has 2 heterocycles. The lowest BCUT2D eigenvalue weighted by Crippen LogP contribution is -2.38. The molecule has 1 amide bonds. The van der Waals surface area contributed by atoms with Gasteiger partial charge in [0.15, 0.2) is 0 Å². The minimum Gasteiger partial charge on any atom is -0.464 e. The Morgan fingerprint density at radius 3 is 2.88 bits per heavy atom. The summed E-state index contributed by atoms with van der Waals surface area (Å²) >= 11 is 0. The summed E-state index contributed by atoms with van der Waals surface area (Å²) in [7, 11) is 0. The van der Waals surface area contributed by atoms with Gasteiger partial charge in [0.25, 0.3) is 0 Å². The number of hydrogen-bond donors (Lipinski definition) is 2. The first-order valence-electron chi connectivity index (χ1n) is 8.79. The fourth-order valence-corrected chi connectivity index (χ4v) is 3.88. The molecule has 5 heteroatoms. The van der Waals surface area contributed by atoms with E-state index in [1.54, 1.807) is 6.26 Å². The third-order valence-electron chi connectivity index (χ3n) is 5.21. The SMILES string of the molecule is Cl.O=C(Cc1coc2cc3c(cc12)CCC3)NCC1CCCNC1. The van der Waals surface area contributed by atoms with Gasteiger partial charge in [0, 0.05) is 17.5 Å². The van der Waals surface area contributed by atoms with Crippen molar-refractivity contribution < 1.29 is 9.21 Å². The molecule has 1 unspecified atom stereocenters. The van der Waals surface area contributed by atoms with Gasteiger partial charge in [-0.2, -0.15) is 0 Å². The average molecular weight is 349 g/mol. The summed E-state index contributed by atoms with van der Waals surface area (Å²) in [5.74, 6) is 0.663. The van der Waals surface area contributed by atoms with Crippen LogP contribution in [0.25, 0.3) is 11.0 Å². The second-order valence-electron chi connectivity index (χ2n) is 6.92. The summed E-state index contributed by atoms with van der Waals surface area (Å²) in [6, 6.07) is 4.39. The van der Waals surface area contributed by atoms with Gasteiger partial charge in [-0.1, -0.05) is 0 Å². The van der Waals surface area contributed by atoms with E-state index in [1.807, 2.05) is 0 Å². The van der Waals surface area contributed by atoms with Gasteiger partial charge in [0.2, 0.25) is 5.91 Å². The van der Waals surface area contributed by atoms with Gasteiger partial charge in [-0.3, -0.25) is 4.79 Å². The molecule has 0 spiro atoms. The van der Waals surface area contributed by atoms with Crippen LogP contribution in [-0.2, 0) is 24.1 Å². The van der Waals surface area contributed by atoms with Gasteiger partial charge < -0.3 is 15.1 Å². The molecule has 1 aromatic heterocycles. The molecule has 4 rings (SSSR count). The molecule has 1 aliphatic heterocycles. The third kappa shape index (κ3) is 3.60. The predicted octanol–water partition coefficient (Wildman–Crippen LogP) is 3.00. The molecule has 0 saturated carbocycles. The first-order chi connectivity index (χ1) is 11.3.